The Balaban J connectivity index is 2.46. The van der Waals surface area contributed by atoms with E-state index < -0.39 is 28.1 Å². The van der Waals surface area contributed by atoms with Crippen molar-refractivity contribution in [2.75, 3.05) is 7.11 Å². The van der Waals surface area contributed by atoms with Gasteiger partial charge in [-0.25, -0.2) is 17.6 Å². The quantitative estimate of drug-likeness (QED) is 0.442. The number of alkyl halides is 1. The van der Waals surface area contributed by atoms with Crippen LogP contribution in [0.5, 0.6) is 5.75 Å². The van der Waals surface area contributed by atoms with Gasteiger partial charge in [0.25, 0.3) is 0 Å². The Kier molecular flexibility index (Phi) is 4.32. The van der Waals surface area contributed by atoms with Crippen LogP contribution < -0.4 is 4.74 Å². The fourth-order valence-electron chi connectivity index (χ4n) is 1.74. The molecule has 0 aromatic heterocycles. The van der Waals surface area contributed by atoms with Crippen LogP contribution in [-0.2, 0) is 0 Å². The zero-order valence-corrected chi connectivity index (χ0v) is 11.8. The summed E-state index contributed by atoms with van der Waals surface area (Å²) < 4.78 is 58.5. The van der Waals surface area contributed by atoms with Crippen molar-refractivity contribution in [1.82, 2.24) is 0 Å². The summed E-state index contributed by atoms with van der Waals surface area (Å²) in [6.45, 7) is 0. The predicted molar refractivity (Wildman–Crippen MR) is 70.0 cm³/mol. The van der Waals surface area contributed by atoms with E-state index in [1.807, 2.05) is 0 Å². The summed E-state index contributed by atoms with van der Waals surface area (Å²) in [5, 5.41) is 0. The van der Waals surface area contributed by atoms with Gasteiger partial charge in [0.05, 0.1) is 11.9 Å². The number of hydrogen-bond donors (Lipinski definition) is 0. The standard InChI is InChI=1S/C14H9BrF4O/c1-20-7-2-3-8(11(17)6-7)12(15)9-4-5-10(16)14(19)13(9)18/h2-6,12H,1H3. The lowest BCUT2D eigenvalue weighted by atomic mass is 10.0. The third-order valence-electron chi connectivity index (χ3n) is 2.82. The molecule has 0 spiro atoms. The fourth-order valence-corrected chi connectivity index (χ4v) is 2.47. The van der Waals surface area contributed by atoms with E-state index in [1.165, 1.54) is 19.2 Å². The third-order valence-corrected chi connectivity index (χ3v) is 3.81. The number of benzene rings is 2. The Hall–Kier alpha value is -1.56. The van der Waals surface area contributed by atoms with E-state index in [0.717, 1.165) is 18.2 Å². The van der Waals surface area contributed by atoms with Crippen molar-refractivity contribution in [3.05, 3.63) is 64.7 Å². The molecule has 106 valence electrons. The molecule has 0 radical (unpaired) electrons. The van der Waals surface area contributed by atoms with Gasteiger partial charge in [-0.3, -0.25) is 0 Å². The van der Waals surface area contributed by atoms with Gasteiger partial charge in [-0.15, -0.1) is 0 Å². The molecular formula is C14H9BrF4O. The molecule has 2 rings (SSSR count). The molecule has 0 saturated heterocycles. The largest absolute Gasteiger partial charge is 0.497 e. The molecule has 0 amide bonds. The molecule has 0 fully saturated rings. The fraction of sp³-hybridized carbons (Fsp3) is 0.143. The van der Waals surface area contributed by atoms with Crippen LogP contribution in [0.2, 0.25) is 0 Å². The van der Waals surface area contributed by atoms with Gasteiger partial charge in [0.15, 0.2) is 17.5 Å². The maximum atomic E-state index is 13.9. The van der Waals surface area contributed by atoms with E-state index in [1.54, 1.807) is 0 Å². The molecule has 0 aliphatic heterocycles. The van der Waals surface area contributed by atoms with Crippen molar-refractivity contribution >= 4 is 15.9 Å². The van der Waals surface area contributed by atoms with Crippen LogP contribution in [0.25, 0.3) is 0 Å². The van der Waals surface area contributed by atoms with Crippen molar-refractivity contribution < 1.29 is 22.3 Å². The zero-order valence-electron chi connectivity index (χ0n) is 10.3. The average molecular weight is 349 g/mol. The summed E-state index contributed by atoms with van der Waals surface area (Å²) in [6, 6.07) is 5.86. The minimum atomic E-state index is -1.58. The van der Waals surface area contributed by atoms with Crippen molar-refractivity contribution in [3.8, 4) is 5.75 Å². The molecule has 6 heteroatoms. The van der Waals surface area contributed by atoms with Gasteiger partial charge in [-0.2, -0.15) is 0 Å². The van der Waals surface area contributed by atoms with Crippen LogP contribution in [0.3, 0.4) is 0 Å². The molecule has 1 nitrogen and oxygen atoms in total. The summed E-state index contributed by atoms with van der Waals surface area (Å²) in [7, 11) is 1.38. The summed E-state index contributed by atoms with van der Waals surface area (Å²) in [5.41, 5.74) is -0.0938. The maximum absolute atomic E-state index is 13.9. The predicted octanol–water partition coefficient (Wildman–Crippen LogP) is 4.74. The Labute approximate surface area is 121 Å². The highest BCUT2D eigenvalue weighted by Gasteiger charge is 2.22. The minimum Gasteiger partial charge on any atom is -0.497 e. The van der Waals surface area contributed by atoms with Gasteiger partial charge in [0, 0.05) is 17.2 Å². The van der Waals surface area contributed by atoms with Crippen molar-refractivity contribution in [3.63, 3.8) is 0 Å². The highest BCUT2D eigenvalue weighted by Crippen LogP contribution is 2.36. The maximum Gasteiger partial charge on any atom is 0.194 e. The van der Waals surface area contributed by atoms with Crippen LogP contribution in [0.1, 0.15) is 16.0 Å². The lowest BCUT2D eigenvalue weighted by Gasteiger charge is -2.14. The molecule has 0 aliphatic carbocycles. The molecule has 0 N–H and O–H groups in total. The Bertz CT molecular complexity index is 645. The monoisotopic (exact) mass is 348 g/mol. The number of methoxy groups -OCH3 is 1. The second-order valence-corrected chi connectivity index (χ2v) is 4.93. The van der Waals surface area contributed by atoms with Gasteiger partial charge in [0.1, 0.15) is 11.6 Å². The molecule has 20 heavy (non-hydrogen) atoms. The van der Waals surface area contributed by atoms with Gasteiger partial charge in [-0.1, -0.05) is 28.1 Å². The Morgan fingerprint density at radius 1 is 0.900 bits per heavy atom. The molecule has 1 atom stereocenters. The van der Waals surface area contributed by atoms with Crippen molar-refractivity contribution in [2.45, 2.75) is 4.83 Å². The minimum absolute atomic E-state index is 0.0932. The summed E-state index contributed by atoms with van der Waals surface area (Å²) in [5.74, 6) is -4.56. The zero-order chi connectivity index (χ0) is 14.9. The molecule has 0 bridgehead atoms. The lowest BCUT2D eigenvalue weighted by Crippen LogP contribution is -2.03. The normalized spacial score (nSPS) is 12.3. The van der Waals surface area contributed by atoms with Gasteiger partial charge in [-0.05, 0) is 12.1 Å². The Morgan fingerprint density at radius 3 is 2.15 bits per heavy atom. The molecule has 2 aromatic rings. The van der Waals surface area contributed by atoms with E-state index in [2.05, 4.69) is 15.9 Å². The highest BCUT2D eigenvalue weighted by molar-refractivity contribution is 9.09. The van der Waals surface area contributed by atoms with E-state index in [-0.39, 0.29) is 11.1 Å². The molecule has 0 saturated carbocycles. The average Bonchev–Trinajstić information content (AvgIpc) is 2.44. The van der Waals surface area contributed by atoms with Crippen LogP contribution in [0.4, 0.5) is 17.6 Å². The van der Waals surface area contributed by atoms with Crippen LogP contribution in [0.15, 0.2) is 30.3 Å². The summed E-state index contributed by atoms with van der Waals surface area (Å²) in [6.07, 6.45) is 0. The molecular weight excluding hydrogens is 340 g/mol. The van der Waals surface area contributed by atoms with Gasteiger partial charge < -0.3 is 4.74 Å². The molecule has 1 unspecified atom stereocenters. The van der Waals surface area contributed by atoms with Gasteiger partial charge in [0.2, 0.25) is 0 Å². The number of hydrogen-bond acceptors (Lipinski definition) is 1. The van der Waals surface area contributed by atoms with Gasteiger partial charge >= 0.3 is 0 Å². The second kappa shape index (κ2) is 5.83. The summed E-state index contributed by atoms with van der Waals surface area (Å²) in [4.78, 5) is -0.941. The van der Waals surface area contributed by atoms with E-state index in [4.69, 9.17) is 4.74 Å². The van der Waals surface area contributed by atoms with Crippen LogP contribution in [0, 0.1) is 23.3 Å². The van der Waals surface area contributed by atoms with Crippen molar-refractivity contribution in [1.29, 1.82) is 0 Å². The first-order valence-corrected chi connectivity index (χ1v) is 6.48. The number of halogens is 5. The van der Waals surface area contributed by atoms with Crippen LogP contribution in [-0.4, -0.2) is 7.11 Å². The molecule has 0 heterocycles. The first-order chi connectivity index (χ1) is 9.45. The van der Waals surface area contributed by atoms with E-state index >= 15 is 0 Å². The molecule has 0 aliphatic rings. The SMILES string of the molecule is COc1ccc(C(Br)c2ccc(F)c(F)c2F)c(F)c1. The van der Waals surface area contributed by atoms with Crippen LogP contribution >= 0.6 is 15.9 Å². The summed E-state index contributed by atoms with van der Waals surface area (Å²) >= 11 is 3.09. The highest BCUT2D eigenvalue weighted by atomic mass is 79.9. The Morgan fingerprint density at radius 2 is 1.55 bits per heavy atom. The smallest absolute Gasteiger partial charge is 0.194 e. The topological polar surface area (TPSA) is 9.23 Å². The number of rotatable bonds is 3. The third kappa shape index (κ3) is 2.65. The van der Waals surface area contributed by atoms with E-state index in [0.29, 0.717) is 5.75 Å². The second-order valence-electron chi connectivity index (χ2n) is 4.01. The number of ether oxygens (including phenoxy) is 1. The first-order valence-electron chi connectivity index (χ1n) is 5.56. The lowest BCUT2D eigenvalue weighted by molar-refractivity contribution is 0.410. The van der Waals surface area contributed by atoms with E-state index in [9.17, 15) is 17.6 Å². The first kappa shape index (κ1) is 14.8. The van der Waals surface area contributed by atoms with Crippen molar-refractivity contribution in [2.24, 2.45) is 0 Å². The molecule has 2 aromatic carbocycles.